The number of sulfone groups is 1. The van der Waals surface area contributed by atoms with Gasteiger partial charge < -0.3 is 0 Å². The molecule has 0 radical (unpaired) electrons. The number of non-ortho nitro benzene ring substituents is 1. The number of aryl methyl sites for hydroxylation is 1. The molecule has 0 aliphatic carbocycles. The SMILES string of the molecule is C#CCS(=O)(=O)c1cc([N+](=O)[O-])ccc1C. The molecule has 0 saturated carbocycles. The van der Waals surface area contributed by atoms with Crippen molar-refractivity contribution in [1.82, 2.24) is 0 Å². The van der Waals surface area contributed by atoms with Crippen molar-refractivity contribution in [2.45, 2.75) is 11.8 Å². The normalized spacial score (nSPS) is 10.8. The van der Waals surface area contributed by atoms with E-state index >= 15 is 0 Å². The third-order valence-electron chi connectivity index (χ3n) is 1.99. The highest BCUT2D eigenvalue weighted by atomic mass is 32.2. The molecule has 6 heteroatoms. The molecule has 0 fully saturated rings. The molecule has 0 atom stereocenters. The van der Waals surface area contributed by atoms with Gasteiger partial charge in [0.15, 0.2) is 9.84 Å². The van der Waals surface area contributed by atoms with Crippen LogP contribution in [0, 0.1) is 29.4 Å². The van der Waals surface area contributed by atoms with Crippen molar-refractivity contribution in [3.63, 3.8) is 0 Å². The van der Waals surface area contributed by atoms with Crippen molar-refractivity contribution in [2.24, 2.45) is 0 Å². The molecule has 0 aliphatic heterocycles. The van der Waals surface area contributed by atoms with Crippen LogP contribution >= 0.6 is 0 Å². The summed E-state index contributed by atoms with van der Waals surface area (Å²) in [6.45, 7) is 1.56. The molecule has 1 rings (SSSR count). The summed E-state index contributed by atoms with van der Waals surface area (Å²) in [5.41, 5.74) is 0.182. The Labute approximate surface area is 93.2 Å². The number of benzene rings is 1. The highest BCUT2D eigenvalue weighted by Gasteiger charge is 2.19. The van der Waals surface area contributed by atoms with Gasteiger partial charge in [-0.15, -0.1) is 6.42 Å². The van der Waals surface area contributed by atoms with Crippen LogP contribution in [0.2, 0.25) is 0 Å². The summed E-state index contributed by atoms with van der Waals surface area (Å²) in [5, 5.41) is 10.5. The summed E-state index contributed by atoms with van der Waals surface area (Å²) in [7, 11) is -3.64. The zero-order valence-corrected chi connectivity index (χ0v) is 9.32. The largest absolute Gasteiger partial charge is 0.270 e. The van der Waals surface area contributed by atoms with E-state index in [2.05, 4.69) is 0 Å². The van der Waals surface area contributed by atoms with Crippen molar-refractivity contribution < 1.29 is 13.3 Å². The van der Waals surface area contributed by atoms with Gasteiger partial charge in [0.05, 0.1) is 9.82 Å². The fourth-order valence-corrected chi connectivity index (χ4v) is 2.46. The summed E-state index contributed by atoms with van der Waals surface area (Å²) in [4.78, 5) is 9.79. The van der Waals surface area contributed by atoms with E-state index < -0.39 is 20.5 Å². The van der Waals surface area contributed by atoms with Crippen LogP contribution in [-0.2, 0) is 9.84 Å². The average Bonchev–Trinajstić information content (AvgIpc) is 2.17. The minimum atomic E-state index is -3.64. The number of hydrogen-bond acceptors (Lipinski definition) is 4. The van der Waals surface area contributed by atoms with Crippen LogP contribution in [0.5, 0.6) is 0 Å². The zero-order chi connectivity index (χ0) is 12.3. The molecule has 16 heavy (non-hydrogen) atoms. The molecular weight excluding hydrogens is 230 g/mol. The summed E-state index contributed by atoms with van der Waals surface area (Å²) in [6.07, 6.45) is 4.94. The molecule has 0 unspecified atom stereocenters. The maximum absolute atomic E-state index is 11.7. The molecule has 0 heterocycles. The van der Waals surface area contributed by atoms with Gasteiger partial charge in [0.2, 0.25) is 0 Å². The number of rotatable bonds is 3. The Bertz CT molecular complexity index is 569. The van der Waals surface area contributed by atoms with Gasteiger partial charge in [-0.1, -0.05) is 12.0 Å². The van der Waals surface area contributed by atoms with Gasteiger partial charge >= 0.3 is 0 Å². The predicted octanol–water partition coefficient (Wildman–Crippen LogP) is 1.31. The molecule has 84 valence electrons. The third-order valence-corrected chi connectivity index (χ3v) is 3.65. The van der Waals surface area contributed by atoms with Gasteiger partial charge in [0, 0.05) is 12.1 Å². The van der Waals surface area contributed by atoms with Gasteiger partial charge in [0.25, 0.3) is 5.69 Å². The Morgan fingerprint density at radius 1 is 1.50 bits per heavy atom. The van der Waals surface area contributed by atoms with Crippen LogP contribution in [0.3, 0.4) is 0 Å². The van der Waals surface area contributed by atoms with Gasteiger partial charge in [-0.25, -0.2) is 8.42 Å². The molecule has 0 saturated heterocycles. The van der Waals surface area contributed by atoms with Crippen molar-refractivity contribution in [2.75, 3.05) is 5.75 Å². The second-order valence-electron chi connectivity index (χ2n) is 3.17. The fourth-order valence-electron chi connectivity index (χ4n) is 1.22. The Kier molecular flexibility index (Phi) is 3.30. The first kappa shape index (κ1) is 12.2. The van der Waals surface area contributed by atoms with Crippen molar-refractivity contribution in [1.29, 1.82) is 0 Å². The Hall–Kier alpha value is -1.87. The molecular formula is C10H9NO4S. The maximum atomic E-state index is 11.7. The van der Waals surface area contributed by atoms with E-state index in [1.807, 2.05) is 5.92 Å². The number of nitro groups is 1. The van der Waals surface area contributed by atoms with Crippen LogP contribution < -0.4 is 0 Å². The smallest absolute Gasteiger partial charge is 0.258 e. The van der Waals surface area contributed by atoms with Gasteiger partial charge in [-0.05, 0) is 12.5 Å². The predicted molar refractivity (Wildman–Crippen MR) is 58.7 cm³/mol. The summed E-state index contributed by atoms with van der Waals surface area (Å²) < 4.78 is 23.3. The van der Waals surface area contributed by atoms with Crippen LogP contribution in [0.1, 0.15) is 5.56 Å². The van der Waals surface area contributed by atoms with Crippen LogP contribution in [0.4, 0.5) is 5.69 Å². The summed E-state index contributed by atoms with van der Waals surface area (Å²) in [6, 6.07) is 3.67. The lowest BCUT2D eigenvalue weighted by Crippen LogP contribution is -2.07. The maximum Gasteiger partial charge on any atom is 0.270 e. The van der Waals surface area contributed by atoms with Crippen molar-refractivity contribution in [3.8, 4) is 12.3 Å². The summed E-state index contributed by atoms with van der Waals surface area (Å²) >= 11 is 0. The van der Waals surface area contributed by atoms with Gasteiger partial charge in [0.1, 0.15) is 5.75 Å². The standard InChI is InChI=1S/C10H9NO4S/c1-3-6-16(14,15)10-7-9(11(12)13)5-4-8(10)2/h1,4-5,7H,6H2,2H3. The van der Waals surface area contributed by atoms with Gasteiger partial charge in [-0.3, -0.25) is 10.1 Å². The minimum Gasteiger partial charge on any atom is -0.258 e. The number of nitrogens with zero attached hydrogens (tertiary/aromatic N) is 1. The Morgan fingerprint density at radius 3 is 2.62 bits per heavy atom. The molecule has 0 spiro atoms. The lowest BCUT2D eigenvalue weighted by molar-refractivity contribution is -0.385. The topological polar surface area (TPSA) is 77.3 Å². The lowest BCUT2D eigenvalue weighted by atomic mass is 10.2. The van der Waals surface area contributed by atoms with E-state index in [0.717, 1.165) is 6.07 Å². The van der Waals surface area contributed by atoms with Crippen LogP contribution in [-0.4, -0.2) is 19.1 Å². The molecule has 1 aromatic carbocycles. The van der Waals surface area contributed by atoms with E-state index in [1.165, 1.54) is 12.1 Å². The van der Waals surface area contributed by atoms with E-state index in [9.17, 15) is 18.5 Å². The molecule has 5 nitrogen and oxygen atoms in total. The quantitative estimate of drug-likeness (QED) is 0.452. The van der Waals surface area contributed by atoms with Crippen LogP contribution in [0.25, 0.3) is 0 Å². The van der Waals surface area contributed by atoms with Crippen molar-refractivity contribution >= 4 is 15.5 Å². The molecule has 0 aromatic heterocycles. The lowest BCUT2D eigenvalue weighted by Gasteiger charge is -2.04. The van der Waals surface area contributed by atoms with E-state index in [-0.39, 0.29) is 10.6 Å². The van der Waals surface area contributed by atoms with Crippen molar-refractivity contribution in [3.05, 3.63) is 33.9 Å². The number of hydrogen-bond donors (Lipinski definition) is 0. The second-order valence-corrected chi connectivity index (χ2v) is 5.13. The number of terminal acetylenes is 1. The molecule has 0 N–H and O–H groups in total. The third kappa shape index (κ3) is 2.38. The highest BCUT2D eigenvalue weighted by molar-refractivity contribution is 7.91. The number of nitro benzene ring substituents is 1. The minimum absolute atomic E-state index is 0.0837. The Balaban J connectivity index is 3.40. The van der Waals surface area contributed by atoms with E-state index in [0.29, 0.717) is 5.56 Å². The highest BCUT2D eigenvalue weighted by Crippen LogP contribution is 2.22. The van der Waals surface area contributed by atoms with E-state index in [4.69, 9.17) is 6.42 Å². The first-order valence-corrected chi connectivity index (χ1v) is 5.95. The molecule has 0 aliphatic rings. The molecule has 1 aromatic rings. The molecule has 0 amide bonds. The fraction of sp³-hybridized carbons (Fsp3) is 0.200. The summed E-state index contributed by atoms with van der Waals surface area (Å²) in [5.74, 6) is 1.56. The zero-order valence-electron chi connectivity index (χ0n) is 8.50. The van der Waals surface area contributed by atoms with Crippen LogP contribution in [0.15, 0.2) is 23.1 Å². The first-order valence-electron chi connectivity index (χ1n) is 4.30. The van der Waals surface area contributed by atoms with Gasteiger partial charge in [-0.2, -0.15) is 0 Å². The van der Waals surface area contributed by atoms with E-state index in [1.54, 1.807) is 6.92 Å². The molecule has 0 bridgehead atoms. The Morgan fingerprint density at radius 2 is 2.12 bits per heavy atom. The monoisotopic (exact) mass is 239 g/mol. The average molecular weight is 239 g/mol. The first-order chi connectivity index (χ1) is 7.38. The second kappa shape index (κ2) is 4.33.